The van der Waals surface area contributed by atoms with Crippen LogP contribution in [0.25, 0.3) is 105 Å². The number of ether oxygens (including phenoxy) is 1. The zero-order valence-corrected chi connectivity index (χ0v) is 43.7. The number of hydrogen-bond donors (Lipinski definition) is 0. The normalized spacial score (nSPS) is 12.4. The maximum atomic E-state index is 6.87. The van der Waals surface area contributed by atoms with Crippen molar-refractivity contribution in [2.45, 2.75) is 6.92 Å². The Labute approximate surface area is 454 Å². The molecule has 0 bridgehead atoms. The minimum atomic E-state index is 0. The Hall–Kier alpha value is -9.16. The molecule has 0 aliphatic carbocycles. The molecule has 0 N–H and O–H groups in total. The summed E-state index contributed by atoms with van der Waals surface area (Å²) >= 11 is 0. The fourth-order valence-corrected chi connectivity index (χ4v) is 11.7. The maximum absolute atomic E-state index is 6.87. The molecule has 8 heteroatoms. The molecule has 0 saturated heterocycles. The molecule has 0 saturated carbocycles. The summed E-state index contributed by atoms with van der Waals surface area (Å²) in [6.45, 7) is 4.31. The molecule has 7 nitrogen and oxygen atoms in total. The van der Waals surface area contributed by atoms with Crippen LogP contribution in [0.5, 0.6) is 11.5 Å². The van der Waals surface area contributed by atoms with E-state index < -0.39 is 0 Å². The number of fused-ring (bicyclic) bond motifs is 10. The van der Waals surface area contributed by atoms with Gasteiger partial charge in [0.1, 0.15) is 5.82 Å². The molecule has 10 aromatic carbocycles. The Bertz CT molecular complexity index is 4370. The number of aromatic nitrogens is 4. The van der Waals surface area contributed by atoms with Crippen LogP contribution in [0.3, 0.4) is 0 Å². The summed E-state index contributed by atoms with van der Waals surface area (Å²) in [5, 5.41) is 7.01. The van der Waals surface area contributed by atoms with E-state index in [2.05, 4.69) is 275 Å². The van der Waals surface area contributed by atoms with Gasteiger partial charge in [-0.2, -0.15) is 12.7 Å². The number of aryl methyl sites for hydroxylation is 1. The molecule has 0 radical (unpaired) electrons. The number of rotatable bonds is 8. The molecule has 0 unspecified atom stereocenters. The van der Waals surface area contributed by atoms with Crippen molar-refractivity contribution in [3.63, 3.8) is 0 Å². The summed E-state index contributed by atoms with van der Waals surface area (Å²) in [6.07, 6.45) is 2.08. The van der Waals surface area contributed by atoms with Crippen molar-refractivity contribution in [3.05, 3.63) is 255 Å². The van der Waals surface area contributed by atoms with E-state index in [1.807, 2.05) is 12.1 Å². The Morgan fingerprint density at radius 3 is 1.51 bits per heavy atom. The second-order valence-electron chi connectivity index (χ2n) is 19.4. The zero-order valence-electron chi connectivity index (χ0n) is 41.4. The van der Waals surface area contributed by atoms with Crippen molar-refractivity contribution in [1.82, 2.24) is 18.7 Å². The van der Waals surface area contributed by atoms with E-state index in [0.29, 0.717) is 11.5 Å². The summed E-state index contributed by atoms with van der Waals surface area (Å²) in [6, 6.07) is 87.0. The molecule has 5 heterocycles. The van der Waals surface area contributed by atoms with Crippen LogP contribution in [0.1, 0.15) is 5.56 Å². The van der Waals surface area contributed by atoms with Gasteiger partial charge in [-0.1, -0.05) is 145 Å². The second kappa shape index (κ2) is 18.0. The van der Waals surface area contributed by atoms with E-state index in [-0.39, 0.29) is 21.1 Å². The van der Waals surface area contributed by atoms with E-state index in [4.69, 9.17) is 9.72 Å². The molecule has 76 heavy (non-hydrogen) atoms. The number of anilines is 3. The number of para-hydroxylation sites is 7. The predicted molar refractivity (Wildman–Crippen MR) is 308 cm³/mol. The van der Waals surface area contributed by atoms with Crippen molar-refractivity contribution in [2.75, 3.05) is 16.8 Å². The van der Waals surface area contributed by atoms with E-state index in [9.17, 15) is 0 Å². The minimum absolute atomic E-state index is 0. The van der Waals surface area contributed by atoms with Gasteiger partial charge in [0.2, 0.25) is 0 Å². The van der Waals surface area contributed by atoms with Crippen molar-refractivity contribution in [2.24, 2.45) is 0 Å². The number of nitrogens with zero attached hydrogens (tertiary/aromatic N) is 6. The van der Waals surface area contributed by atoms with Crippen LogP contribution in [-0.2, 0) is 21.1 Å². The van der Waals surface area contributed by atoms with Crippen molar-refractivity contribution in [1.29, 1.82) is 0 Å². The monoisotopic (exact) mass is 1160 g/mol. The Morgan fingerprint density at radius 1 is 0.434 bits per heavy atom. The van der Waals surface area contributed by atoms with E-state index in [0.717, 1.165) is 106 Å². The first-order valence-corrected chi connectivity index (χ1v) is 25.3. The van der Waals surface area contributed by atoms with Gasteiger partial charge in [0.15, 0.2) is 0 Å². The van der Waals surface area contributed by atoms with Gasteiger partial charge >= 0.3 is 0 Å². The van der Waals surface area contributed by atoms with Gasteiger partial charge < -0.3 is 28.2 Å². The van der Waals surface area contributed by atoms with Crippen molar-refractivity contribution < 1.29 is 25.8 Å². The third-order valence-electron chi connectivity index (χ3n) is 15.0. The van der Waals surface area contributed by atoms with Crippen LogP contribution in [0.15, 0.2) is 231 Å². The standard InChI is InChI=1S/C68H45N6O.Pt/c1-44-37-67(69-42-56(44)68-64(72-57-26-11-6-21-50(57)51-22-7-12-27-58(51)72)33-18-34-65(68)73-59-28-13-8-23-52(59)53-24-9-14-29-60(53)73)74-61-30-15-10-25-54(61)55-36-35-48(41-66(55)74)75-49-39-46(45-19-4-3-5-20-45)38-47(40-49)71-43-70(2)62-31-16-17-32-63(62)71;/h3-39,42-43H,1-2H3;/q-3;. The molecule has 0 atom stereocenters. The molecule has 4 aromatic heterocycles. The van der Waals surface area contributed by atoms with Crippen LogP contribution in [0.2, 0.25) is 0 Å². The molecule has 14 aromatic rings. The molecule has 1 aliphatic rings. The Kier molecular flexibility index (Phi) is 10.8. The quantitative estimate of drug-likeness (QED) is 0.142. The second-order valence-corrected chi connectivity index (χ2v) is 19.4. The van der Waals surface area contributed by atoms with Crippen molar-refractivity contribution in [3.8, 4) is 50.9 Å². The molecule has 1 aliphatic heterocycles. The van der Waals surface area contributed by atoms with Gasteiger partial charge in [-0.3, -0.25) is 0 Å². The molecule has 0 spiro atoms. The first kappa shape index (κ1) is 45.5. The van der Waals surface area contributed by atoms with E-state index >= 15 is 0 Å². The summed E-state index contributed by atoms with van der Waals surface area (Å²) in [4.78, 5) is 9.76. The number of hydrogen-bond acceptors (Lipinski definition) is 4. The summed E-state index contributed by atoms with van der Waals surface area (Å²) < 4.78 is 14.0. The van der Waals surface area contributed by atoms with E-state index in [1.165, 1.54) is 21.5 Å². The largest absolute Gasteiger partial charge is 0.509 e. The number of pyridine rings is 1. The van der Waals surface area contributed by atoms with Gasteiger partial charge in [-0.15, -0.1) is 47.0 Å². The fourth-order valence-electron chi connectivity index (χ4n) is 11.7. The van der Waals surface area contributed by atoms with Crippen molar-refractivity contribution >= 4 is 82.5 Å². The summed E-state index contributed by atoms with van der Waals surface area (Å²) in [5.74, 6) is 1.95. The van der Waals surface area contributed by atoms with Crippen LogP contribution in [-0.4, -0.2) is 25.7 Å². The van der Waals surface area contributed by atoms with Gasteiger partial charge in [0.05, 0.1) is 33.4 Å². The zero-order chi connectivity index (χ0) is 49.7. The van der Waals surface area contributed by atoms with Gasteiger partial charge in [-0.25, -0.2) is 4.98 Å². The van der Waals surface area contributed by atoms with Crippen LogP contribution in [0, 0.1) is 25.7 Å². The topological polar surface area (TPSA) is 43.4 Å². The first-order valence-electron chi connectivity index (χ1n) is 25.3. The van der Waals surface area contributed by atoms with Gasteiger partial charge in [0, 0.05) is 88.3 Å². The molecular weight excluding hydrogens is 1110 g/mol. The Balaban J connectivity index is 0.00000528. The van der Waals surface area contributed by atoms with Crippen LogP contribution < -0.4 is 14.5 Å². The predicted octanol–water partition coefficient (Wildman–Crippen LogP) is 17.1. The molecule has 0 fully saturated rings. The molecule has 0 amide bonds. The Morgan fingerprint density at radius 2 is 0.934 bits per heavy atom. The average molecular weight is 1160 g/mol. The summed E-state index contributed by atoms with van der Waals surface area (Å²) in [5.41, 5.74) is 17.0. The molecular formula is C68H45N6OPt-3. The number of benzene rings is 10. The first-order chi connectivity index (χ1) is 37.0. The smallest absolute Gasteiger partial charge is 0.135 e. The third-order valence-corrected chi connectivity index (χ3v) is 15.0. The van der Waals surface area contributed by atoms with Crippen LogP contribution in [0.4, 0.5) is 17.1 Å². The summed E-state index contributed by atoms with van der Waals surface area (Å²) in [7, 11) is 2.07. The van der Waals surface area contributed by atoms with Gasteiger partial charge in [-0.05, 0) is 91.1 Å². The van der Waals surface area contributed by atoms with E-state index in [1.54, 1.807) is 0 Å². The average Bonchev–Trinajstić information content (AvgIpc) is 4.20. The maximum Gasteiger partial charge on any atom is 0.135 e. The minimum Gasteiger partial charge on any atom is -0.509 e. The van der Waals surface area contributed by atoms with Gasteiger partial charge in [0.25, 0.3) is 0 Å². The molecule has 366 valence electrons. The SMILES string of the molecule is Cc1cc(-n2c3[c-]c(Oc4[c-]c(N5[CH-]N(C)c6ccccc65)cc(-c5ccccc5)c4)ccc3c3ccccc32)ncc1-c1c(-n2c3ccccc3c3ccccc32)cccc1-n1c2ccccc2c2ccccc21.[Pt]. The third kappa shape index (κ3) is 7.11. The molecule has 15 rings (SSSR count). The fraction of sp³-hybridized carbons (Fsp3) is 0.0294. The van der Waals surface area contributed by atoms with Crippen LogP contribution >= 0.6 is 0 Å².